The molecule has 0 bridgehead atoms. The van der Waals surface area contributed by atoms with Gasteiger partial charge in [-0.25, -0.2) is 4.68 Å². The molecule has 24 heavy (non-hydrogen) atoms. The van der Waals surface area contributed by atoms with Crippen LogP contribution in [0.1, 0.15) is 24.9 Å². The highest BCUT2D eigenvalue weighted by molar-refractivity contribution is 14.1. The van der Waals surface area contributed by atoms with E-state index in [-0.39, 0.29) is 11.9 Å². The van der Waals surface area contributed by atoms with Gasteiger partial charge in [0, 0.05) is 0 Å². The molecule has 7 nitrogen and oxygen atoms in total. The van der Waals surface area contributed by atoms with Crippen LogP contribution in [0.2, 0.25) is 0 Å². The van der Waals surface area contributed by atoms with Crippen LogP contribution in [0, 0.1) is 3.57 Å². The number of nitrogens with zero attached hydrogens (tertiary/aromatic N) is 3. The van der Waals surface area contributed by atoms with Crippen molar-refractivity contribution < 1.29 is 14.3 Å². The summed E-state index contributed by atoms with van der Waals surface area (Å²) in [4.78, 5) is 16.0. The van der Waals surface area contributed by atoms with Crippen LogP contribution in [0.15, 0.2) is 31.1 Å². The third-order valence-electron chi connectivity index (χ3n) is 3.56. The summed E-state index contributed by atoms with van der Waals surface area (Å²) in [5, 5.41) is 6.94. The van der Waals surface area contributed by atoms with Crippen molar-refractivity contribution in [2.75, 3.05) is 18.5 Å². The zero-order chi connectivity index (χ0) is 17.1. The number of fused-ring (bicyclic) bond motifs is 1. The van der Waals surface area contributed by atoms with Crippen LogP contribution in [-0.2, 0) is 4.79 Å². The Bertz CT molecular complexity index is 775. The summed E-state index contributed by atoms with van der Waals surface area (Å²) >= 11 is 2.21. The lowest BCUT2D eigenvalue weighted by Gasteiger charge is -2.25. The van der Waals surface area contributed by atoms with E-state index in [0.29, 0.717) is 37.1 Å². The molecule has 0 saturated carbocycles. The Kier molecular flexibility index (Phi) is 5.03. The average Bonchev–Trinajstić information content (AvgIpc) is 3.01. The second-order valence-electron chi connectivity index (χ2n) is 5.16. The van der Waals surface area contributed by atoms with E-state index in [0.717, 1.165) is 9.13 Å². The topological polar surface area (TPSA) is 78.3 Å². The second kappa shape index (κ2) is 7.20. The Morgan fingerprint density at radius 2 is 2.33 bits per heavy atom. The summed E-state index contributed by atoms with van der Waals surface area (Å²) < 4.78 is 14.1. The summed E-state index contributed by atoms with van der Waals surface area (Å²) in [7, 11) is 0. The van der Waals surface area contributed by atoms with Gasteiger partial charge in [0.15, 0.2) is 11.5 Å². The van der Waals surface area contributed by atoms with Gasteiger partial charge in [-0.3, -0.25) is 10.1 Å². The minimum Gasteiger partial charge on any atom is -0.490 e. The van der Waals surface area contributed by atoms with E-state index in [4.69, 9.17) is 9.47 Å². The molecule has 1 aromatic heterocycles. The van der Waals surface area contributed by atoms with Gasteiger partial charge in [-0.15, -0.1) is 0 Å². The van der Waals surface area contributed by atoms with E-state index in [2.05, 4.69) is 44.6 Å². The monoisotopic (exact) mass is 440 g/mol. The Labute approximate surface area is 153 Å². The van der Waals surface area contributed by atoms with Crippen molar-refractivity contribution >= 4 is 34.4 Å². The highest BCUT2D eigenvalue weighted by Gasteiger charge is 2.29. The fourth-order valence-electron chi connectivity index (χ4n) is 2.59. The summed E-state index contributed by atoms with van der Waals surface area (Å²) in [6.07, 6.45) is 3.42. The molecule has 2 aromatic rings. The predicted octanol–water partition coefficient (Wildman–Crippen LogP) is 2.78. The van der Waals surface area contributed by atoms with E-state index in [1.54, 1.807) is 10.8 Å². The molecule has 0 spiro atoms. The lowest BCUT2D eigenvalue weighted by molar-refractivity contribution is -0.117. The maximum Gasteiger partial charge on any atom is 0.229 e. The van der Waals surface area contributed by atoms with Gasteiger partial charge in [0.2, 0.25) is 11.9 Å². The number of halogens is 1. The molecule has 126 valence electrons. The molecule has 8 heteroatoms. The number of anilines is 1. The number of amides is 1. The molecule has 2 heterocycles. The maximum absolute atomic E-state index is 12.0. The number of carbonyl (C=O) groups is 1. The van der Waals surface area contributed by atoms with Crippen LogP contribution in [0.5, 0.6) is 11.5 Å². The molecule has 1 amide bonds. The third-order valence-corrected chi connectivity index (χ3v) is 4.36. The highest BCUT2D eigenvalue weighted by atomic mass is 127. The molecule has 0 saturated heterocycles. The van der Waals surface area contributed by atoms with Crippen molar-refractivity contribution in [3.8, 4) is 11.5 Å². The predicted molar refractivity (Wildman–Crippen MR) is 97.4 cm³/mol. The maximum atomic E-state index is 12.0. The molecule has 0 fully saturated rings. The van der Waals surface area contributed by atoms with Crippen molar-refractivity contribution in [3.05, 3.63) is 40.2 Å². The molecular weight excluding hydrogens is 423 g/mol. The van der Waals surface area contributed by atoms with Crippen LogP contribution in [-0.4, -0.2) is 33.9 Å². The first-order valence-corrected chi connectivity index (χ1v) is 8.61. The number of rotatable bonds is 6. The van der Waals surface area contributed by atoms with Crippen LogP contribution < -0.4 is 14.8 Å². The van der Waals surface area contributed by atoms with Crippen molar-refractivity contribution in [2.45, 2.75) is 19.4 Å². The lowest BCUT2D eigenvalue weighted by Crippen LogP contribution is -2.29. The van der Waals surface area contributed by atoms with Gasteiger partial charge in [-0.2, -0.15) is 10.1 Å². The number of carbonyl (C=O) groups excluding carboxylic acids is 1. The quantitative estimate of drug-likeness (QED) is 0.552. The Morgan fingerprint density at radius 1 is 1.50 bits per heavy atom. The minimum absolute atomic E-state index is 0.0829. The third kappa shape index (κ3) is 3.23. The number of hydrogen-bond acceptors (Lipinski definition) is 5. The summed E-state index contributed by atoms with van der Waals surface area (Å²) in [5.41, 5.74) is 0.926. The summed E-state index contributed by atoms with van der Waals surface area (Å²) in [6, 6.07) is 3.66. The fraction of sp³-hybridized carbons (Fsp3) is 0.312. The second-order valence-corrected chi connectivity index (χ2v) is 6.32. The molecule has 0 aliphatic carbocycles. The Balaban J connectivity index is 2.03. The first kappa shape index (κ1) is 16.7. The number of nitrogens with one attached hydrogen (secondary N) is 1. The molecule has 1 atom stereocenters. The zero-order valence-electron chi connectivity index (χ0n) is 13.2. The fourth-order valence-corrected chi connectivity index (χ4v) is 3.37. The molecule has 3 rings (SSSR count). The molecular formula is C16H17IN4O3. The summed E-state index contributed by atoms with van der Waals surface area (Å²) in [6.45, 7) is 6.50. The number of ether oxygens (including phenoxy) is 2. The van der Waals surface area contributed by atoms with E-state index in [1.165, 1.54) is 6.33 Å². The number of benzene rings is 1. The molecule has 1 N–H and O–H groups in total. The first-order valence-electron chi connectivity index (χ1n) is 7.53. The first-order chi connectivity index (χ1) is 11.6. The van der Waals surface area contributed by atoms with E-state index >= 15 is 0 Å². The van der Waals surface area contributed by atoms with Crippen LogP contribution in [0.4, 0.5) is 5.95 Å². The van der Waals surface area contributed by atoms with Gasteiger partial charge in [0.05, 0.1) is 22.6 Å². The van der Waals surface area contributed by atoms with Gasteiger partial charge >= 0.3 is 0 Å². The standard InChI is InChI=1S/C16H17IN4O3/c1-3-5-24-15-11(17)6-10(7-13(15)23-4-2)12-8-14(22)20-16-18-9-19-21(12)16/h3,6-7,9,12H,1,4-5,8H2,2H3,(H,18,19,20,22)/t12-/m1/s1. The number of aromatic nitrogens is 3. The van der Waals surface area contributed by atoms with Gasteiger partial charge in [-0.1, -0.05) is 12.7 Å². The average molecular weight is 440 g/mol. The molecule has 1 aliphatic rings. The number of hydrogen-bond donors (Lipinski definition) is 1. The van der Waals surface area contributed by atoms with Crippen molar-refractivity contribution in [1.29, 1.82) is 0 Å². The van der Waals surface area contributed by atoms with Crippen molar-refractivity contribution in [3.63, 3.8) is 0 Å². The van der Waals surface area contributed by atoms with Crippen LogP contribution >= 0.6 is 22.6 Å². The minimum atomic E-state index is -0.225. The highest BCUT2D eigenvalue weighted by Crippen LogP contribution is 2.38. The largest absolute Gasteiger partial charge is 0.490 e. The molecule has 0 radical (unpaired) electrons. The van der Waals surface area contributed by atoms with E-state index in [9.17, 15) is 4.79 Å². The van der Waals surface area contributed by atoms with Gasteiger partial charge < -0.3 is 9.47 Å². The zero-order valence-corrected chi connectivity index (χ0v) is 15.3. The Morgan fingerprint density at radius 3 is 3.08 bits per heavy atom. The van der Waals surface area contributed by atoms with Crippen molar-refractivity contribution in [2.24, 2.45) is 0 Å². The van der Waals surface area contributed by atoms with Crippen LogP contribution in [0.3, 0.4) is 0 Å². The van der Waals surface area contributed by atoms with Gasteiger partial charge in [0.25, 0.3) is 0 Å². The normalized spacial score (nSPS) is 16.2. The van der Waals surface area contributed by atoms with E-state index < -0.39 is 0 Å². The Hall–Kier alpha value is -2.10. The molecule has 0 unspecified atom stereocenters. The SMILES string of the molecule is C=CCOc1c(I)cc([C@H]2CC(=O)Nc3ncnn32)cc1OCC. The lowest BCUT2D eigenvalue weighted by atomic mass is 10.0. The molecule has 1 aliphatic heterocycles. The van der Waals surface area contributed by atoms with E-state index in [1.807, 2.05) is 19.1 Å². The van der Waals surface area contributed by atoms with Gasteiger partial charge in [-0.05, 0) is 47.2 Å². The van der Waals surface area contributed by atoms with Crippen LogP contribution in [0.25, 0.3) is 0 Å². The van der Waals surface area contributed by atoms with Gasteiger partial charge in [0.1, 0.15) is 12.9 Å². The smallest absolute Gasteiger partial charge is 0.229 e. The molecule has 1 aromatic carbocycles. The van der Waals surface area contributed by atoms with Crippen molar-refractivity contribution in [1.82, 2.24) is 14.8 Å². The summed E-state index contributed by atoms with van der Waals surface area (Å²) in [5.74, 6) is 1.70.